The lowest BCUT2D eigenvalue weighted by Gasteiger charge is -2.07. The van der Waals surface area contributed by atoms with Crippen LogP contribution >= 0.6 is 7.82 Å². The van der Waals surface area contributed by atoms with Crippen LogP contribution in [-0.2, 0) is 18.6 Å². The van der Waals surface area contributed by atoms with Crippen molar-refractivity contribution in [3.05, 3.63) is 12.2 Å². The smallest absolute Gasteiger partial charge is 0.377 e. The molecule has 0 saturated heterocycles. The van der Waals surface area contributed by atoms with E-state index in [9.17, 15) is 9.36 Å². The van der Waals surface area contributed by atoms with E-state index in [2.05, 4.69) is 16.4 Å². The number of rotatable bonds is 8. The summed E-state index contributed by atoms with van der Waals surface area (Å²) in [7, 11) is -4.41. The summed E-state index contributed by atoms with van der Waals surface area (Å²) in [5, 5.41) is 2.53. The topological polar surface area (TPSA) is 105 Å². The lowest BCUT2D eigenvalue weighted by atomic mass is 10.3. The minimum Gasteiger partial charge on any atom is -0.377 e. The molecule has 0 aliphatic heterocycles. The molecule has 0 bridgehead atoms. The number of carbonyl (C=O) groups is 1. The van der Waals surface area contributed by atoms with E-state index in [0.29, 0.717) is 12.1 Å². The zero-order valence-corrected chi connectivity index (χ0v) is 9.90. The van der Waals surface area contributed by atoms with E-state index < -0.39 is 7.82 Å². The van der Waals surface area contributed by atoms with E-state index in [1.54, 1.807) is 6.92 Å². The third-order valence-electron chi connectivity index (χ3n) is 1.41. The summed E-state index contributed by atoms with van der Waals surface area (Å²) < 4.78 is 19.3. The fourth-order valence-corrected chi connectivity index (χ4v) is 1.02. The average Bonchev–Trinajstić information content (AvgIpc) is 2.14. The zero-order valence-electron chi connectivity index (χ0n) is 9.01. The quantitative estimate of drug-likeness (QED) is 0.314. The van der Waals surface area contributed by atoms with Gasteiger partial charge < -0.3 is 19.8 Å². The molecule has 0 atom stereocenters. The molecule has 16 heavy (non-hydrogen) atoms. The third kappa shape index (κ3) is 9.82. The van der Waals surface area contributed by atoms with E-state index in [1.807, 2.05) is 0 Å². The summed E-state index contributed by atoms with van der Waals surface area (Å²) in [6, 6.07) is 0. The van der Waals surface area contributed by atoms with Crippen molar-refractivity contribution in [1.82, 2.24) is 5.32 Å². The van der Waals surface area contributed by atoms with Gasteiger partial charge in [0.2, 0.25) is 5.91 Å². The van der Waals surface area contributed by atoms with Gasteiger partial charge in [-0.15, -0.1) is 0 Å². The summed E-state index contributed by atoms with van der Waals surface area (Å²) in [5.74, 6) is -0.255. The highest BCUT2D eigenvalue weighted by atomic mass is 31.2. The fraction of sp³-hybridized carbons (Fsp3) is 0.625. The second-order valence-corrected chi connectivity index (χ2v) is 4.21. The highest BCUT2D eigenvalue weighted by Crippen LogP contribution is 2.35. The van der Waals surface area contributed by atoms with Gasteiger partial charge in [-0.1, -0.05) is 6.58 Å². The van der Waals surface area contributed by atoms with Crippen LogP contribution in [0.1, 0.15) is 6.92 Å². The third-order valence-corrected chi connectivity index (χ3v) is 1.93. The molecule has 0 saturated carbocycles. The standard InChI is InChI=1S/C8H16NO6P/c1-7(2)8(10)9-3-4-14-5-6-15-16(11,12)13/h1,3-6H2,2H3,(H,9,10)(H2,11,12,13). The Morgan fingerprint density at radius 1 is 1.38 bits per heavy atom. The maximum atomic E-state index is 11.0. The molecule has 0 aromatic heterocycles. The van der Waals surface area contributed by atoms with Gasteiger partial charge in [0.05, 0.1) is 19.8 Å². The molecule has 0 aromatic rings. The van der Waals surface area contributed by atoms with Gasteiger partial charge in [0.1, 0.15) is 0 Å². The van der Waals surface area contributed by atoms with Crippen LogP contribution in [0.4, 0.5) is 0 Å². The summed E-state index contributed by atoms with van der Waals surface area (Å²) in [6.07, 6.45) is 0. The molecular weight excluding hydrogens is 237 g/mol. The Hall–Kier alpha value is -0.720. The van der Waals surface area contributed by atoms with Crippen molar-refractivity contribution in [2.75, 3.05) is 26.4 Å². The number of hydrogen-bond acceptors (Lipinski definition) is 4. The van der Waals surface area contributed by atoms with Crippen LogP contribution in [-0.4, -0.2) is 42.1 Å². The molecule has 0 aromatic carbocycles. The number of ether oxygens (including phenoxy) is 1. The molecule has 7 nitrogen and oxygen atoms in total. The molecule has 0 heterocycles. The van der Waals surface area contributed by atoms with Crippen molar-refractivity contribution in [1.29, 1.82) is 0 Å². The van der Waals surface area contributed by atoms with Crippen molar-refractivity contribution in [3.8, 4) is 0 Å². The van der Waals surface area contributed by atoms with Crippen LogP contribution in [0.15, 0.2) is 12.2 Å². The largest absolute Gasteiger partial charge is 0.469 e. The summed E-state index contributed by atoms with van der Waals surface area (Å²) in [4.78, 5) is 27.6. The average molecular weight is 253 g/mol. The molecule has 0 aliphatic carbocycles. The van der Waals surface area contributed by atoms with Gasteiger partial charge in [0, 0.05) is 12.1 Å². The molecule has 94 valence electrons. The first kappa shape index (κ1) is 15.3. The molecular formula is C8H16NO6P. The molecule has 1 amide bonds. The van der Waals surface area contributed by atoms with Gasteiger partial charge >= 0.3 is 7.82 Å². The van der Waals surface area contributed by atoms with Crippen LogP contribution in [0.3, 0.4) is 0 Å². The molecule has 0 spiro atoms. The molecule has 0 radical (unpaired) electrons. The maximum Gasteiger partial charge on any atom is 0.469 e. The van der Waals surface area contributed by atoms with Gasteiger partial charge in [0.25, 0.3) is 0 Å². The van der Waals surface area contributed by atoms with Crippen LogP contribution in [0.5, 0.6) is 0 Å². The lowest BCUT2D eigenvalue weighted by molar-refractivity contribution is -0.117. The molecule has 3 N–H and O–H groups in total. The number of phosphoric acid groups is 1. The van der Waals surface area contributed by atoms with Crippen LogP contribution in [0, 0.1) is 0 Å². The van der Waals surface area contributed by atoms with Crippen LogP contribution in [0.25, 0.3) is 0 Å². The Morgan fingerprint density at radius 3 is 2.50 bits per heavy atom. The highest BCUT2D eigenvalue weighted by Gasteiger charge is 2.12. The molecule has 0 unspecified atom stereocenters. The Kier molecular flexibility index (Phi) is 7.20. The monoisotopic (exact) mass is 253 g/mol. The Morgan fingerprint density at radius 2 is 2.00 bits per heavy atom. The molecule has 0 aliphatic rings. The zero-order chi connectivity index (χ0) is 12.6. The highest BCUT2D eigenvalue weighted by molar-refractivity contribution is 7.46. The Balaban J connectivity index is 3.32. The van der Waals surface area contributed by atoms with Gasteiger partial charge in [-0.05, 0) is 6.92 Å². The van der Waals surface area contributed by atoms with Gasteiger partial charge in [-0.3, -0.25) is 9.32 Å². The van der Waals surface area contributed by atoms with Crippen molar-refractivity contribution >= 4 is 13.7 Å². The first-order chi connectivity index (χ1) is 7.33. The van der Waals surface area contributed by atoms with Gasteiger partial charge in [0.15, 0.2) is 0 Å². The van der Waals surface area contributed by atoms with Gasteiger partial charge in [-0.2, -0.15) is 0 Å². The summed E-state index contributed by atoms with van der Waals surface area (Å²) in [5.41, 5.74) is 0.407. The van der Waals surface area contributed by atoms with E-state index in [0.717, 1.165) is 0 Å². The summed E-state index contributed by atoms with van der Waals surface area (Å²) in [6.45, 7) is 5.44. The van der Waals surface area contributed by atoms with Crippen molar-refractivity contribution in [2.24, 2.45) is 0 Å². The minimum atomic E-state index is -4.41. The minimum absolute atomic E-state index is 0.0497. The first-order valence-electron chi connectivity index (χ1n) is 4.54. The van der Waals surface area contributed by atoms with Crippen molar-refractivity contribution in [2.45, 2.75) is 6.92 Å². The lowest BCUT2D eigenvalue weighted by Crippen LogP contribution is -2.27. The first-order valence-corrected chi connectivity index (χ1v) is 6.07. The van der Waals surface area contributed by atoms with Crippen molar-refractivity contribution < 1.29 is 28.4 Å². The molecule has 0 fully saturated rings. The second-order valence-electron chi connectivity index (χ2n) is 2.97. The SMILES string of the molecule is C=C(C)C(=O)NCCOCCOP(=O)(O)O. The fourth-order valence-electron chi connectivity index (χ4n) is 0.705. The van der Waals surface area contributed by atoms with E-state index in [1.165, 1.54) is 0 Å². The Labute approximate surface area is 93.7 Å². The number of hydrogen-bond donors (Lipinski definition) is 3. The van der Waals surface area contributed by atoms with E-state index >= 15 is 0 Å². The molecule has 0 rings (SSSR count). The predicted octanol–water partition coefficient (Wildman–Crippen LogP) is -0.195. The predicted molar refractivity (Wildman–Crippen MR) is 56.6 cm³/mol. The normalized spacial score (nSPS) is 11.2. The number of amides is 1. The second kappa shape index (κ2) is 7.54. The number of carbonyl (C=O) groups excluding carboxylic acids is 1. The van der Waals surface area contributed by atoms with Gasteiger partial charge in [-0.25, -0.2) is 4.57 Å². The number of phosphoric ester groups is 1. The van der Waals surface area contributed by atoms with Crippen molar-refractivity contribution in [3.63, 3.8) is 0 Å². The molecule has 8 heteroatoms. The maximum absolute atomic E-state index is 11.0. The van der Waals surface area contributed by atoms with Crippen LogP contribution in [0.2, 0.25) is 0 Å². The van der Waals surface area contributed by atoms with E-state index in [-0.39, 0.29) is 25.7 Å². The number of nitrogens with one attached hydrogen (secondary N) is 1. The van der Waals surface area contributed by atoms with Crippen LogP contribution < -0.4 is 5.32 Å². The summed E-state index contributed by atoms with van der Waals surface area (Å²) >= 11 is 0. The Bertz CT molecular complexity index is 286. The van der Waals surface area contributed by atoms with E-state index in [4.69, 9.17) is 14.5 Å².